The molecule has 3 N–H and O–H groups in total. The van der Waals surface area contributed by atoms with E-state index in [-0.39, 0.29) is 23.0 Å². The van der Waals surface area contributed by atoms with Crippen LogP contribution < -0.4 is 15.6 Å². The molecular formula is C13H15N3O3. The van der Waals surface area contributed by atoms with Gasteiger partial charge in [-0.05, 0) is 18.6 Å². The molecule has 0 spiro atoms. The average molecular weight is 261 g/mol. The molecule has 2 aromatic rings. The lowest BCUT2D eigenvalue weighted by atomic mass is 10.2. The van der Waals surface area contributed by atoms with Crippen molar-refractivity contribution in [3.63, 3.8) is 0 Å². The standard InChI is InChI=1S/C13H15N3O3/c1-3-8-11(17)15-13(16-12(8)18)14-9-6-4-5-7-10(9)19-2/h4-7H,3H2,1-2H3,(H3,14,15,16,17,18). The summed E-state index contributed by atoms with van der Waals surface area (Å²) in [5, 5.41) is 12.6. The Morgan fingerprint density at radius 3 is 2.79 bits per heavy atom. The molecule has 1 aromatic heterocycles. The number of aromatic amines is 1. The molecule has 19 heavy (non-hydrogen) atoms. The smallest absolute Gasteiger partial charge is 0.259 e. The Morgan fingerprint density at radius 2 is 2.16 bits per heavy atom. The first-order valence-electron chi connectivity index (χ1n) is 5.88. The van der Waals surface area contributed by atoms with Crippen LogP contribution in [0.5, 0.6) is 11.6 Å². The summed E-state index contributed by atoms with van der Waals surface area (Å²) >= 11 is 0. The summed E-state index contributed by atoms with van der Waals surface area (Å²) in [6.07, 6.45) is 0.420. The number of para-hydroxylation sites is 2. The Kier molecular flexibility index (Phi) is 3.70. The van der Waals surface area contributed by atoms with Crippen molar-refractivity contribution < 1.29 is 9.84 Å². The van der Waals surface area contributed by atoms with Gasteiger partial charge in [-0.15, -0.1) is 0 Å². The van der Waals surface area contributed by atoms with Crippen LogP contribution in [0.1, 0.15) is 12.5 Å². The Morgan fingerprint density at radius 1 is 1.42 bits per heavy atom. The van der Waals surface area contributed by atoms with E-state index < -0.39 is 0 Å². The molecule has 0 saturated heterocycles. The topological polar surface area (TPSA) is 87.2 Å². The van der Waals surface area contributed by atoms with Gasteiger partial charge in [0.25, 0.3) is 5.56 Å². The van der Waals surface area contributed by atoms with Gasteiger partial charge in [0, 0.05) is 0 Å². The van der Waals surface area contributed by atoms with Gasteiger partial charge in [0.05, 0.1) is 18.4 Å². The maximum atomic E-state index is 11.7. The molecule has 6 nitrogen and oxygen atoms in total. The van der Waals surface area contributed by atoms with E-state index in [4.69, 9.17) is 4.74 Å². The maximum absolute atomic E-state index is 11.7. The minimum absolute atomic E-state index is 0.171. The zero-order chi connectivity index (χ0) is 13.8. The van der Waals surface area contributed by atoms with E-state index in [9.17, 15) is 9.90 Å². The average Bonchev–Trinajstić information content (AvgIpc) is 2.39. The van der Waals surface area contributed by atoms with E-state index in [1.807, 2.05) is 12.1 Å². The first kappa shape index (κ1) is 12.9. The number of ether oxygens (including phenoxy) is 1. The highest BCUT2D eigenvalue weighted by Crippen LogP contribution is 2.25. The van der Waals surface area contributed by atoms with Gasteiger partial charge in [0.2, 0.25) is 11.8 Å². The number of nitrogens with zero attached hydrogens (tertiary/aromatic N) is 1. The van der Waals surface area contributed by atoms with Crippen LogP contribution >= 0.6 is 0 Å². The molecule has 100 valence electrons. The molecule has 0 unspecified atom stereocenters. The normalized spacial score (nSPS) is 10.2. The molecule has 0 radical (unpaired) electrons. The molecule has 1 aromatic carbocycles. The van der Waals surface area contributed by atoms with E-state index in [1.54, 1.807) is 26.2 Å². The lowest BCUT2D eigenvalue weighted by Crippen LogP contribution is -2.15. The van der Waals surface area contributed by atoms with E-state index in [2.05, 4.69) is 15.3 Å². The molecular weight excluding hydrogens is 246 g/mol. The summed E-state index contributed by atoms with van der Waals surface area (Å²) < 4.78 is 5.18. The zero-order valence-corrected chi connectivity index (χ0v) is 10.7. The molecule has 0 bridgehead atoms. The number of rotatable bonds is 4. The first-order valence-corrected chi connectivity index (χ1v) is 5.88. The molecule has 0 fully saturated rings. The number of methoxy groups -OCH3 is 1. The Hall–Kier alpha value is -2.50. The van der Waals surface area contributed by atoms with Crippen molar-refractivity contribution in [2.75, 3.05) is 12.4 Å². The van der Waals surface area contributed by atoms with Crippen LogP contribution in [0.4, 0.5) is 11.6 Å². The lowest BCUT2D eigenvalue weighted by Gasteiger charge is -2.10. The van der Waals surface area contributed by atoms with Crippen molar-refractivity contribution in [1.82, 2.24) is 9.97 Å². The fourth-order valence-corrected chi connectivity index (χ4v) is 1.74. The number of hydrogen-bond acceptors (Lipinski definition) is 5. The summed E-state index contributed by atoms with van der Waals surface area (Å²) in [4.78, 5) is 18.2. The first-order chi connectivity index (χ1) is 9.15. The Bertz CT molecular complexity index is 637. The number of nitrogens with one attached hydrogen (secondary N) is 2. The highest BCUT2D eigenvalue weighted by atomic mass is 16.5. The molecule has 0 atom stereocenters. The summed E-state index contributed by atoms with van der Waals surface area (Å²) in [5.74, 6) is 0.525. The second kappa shape index (κ2) is 5.43. The van der Waals surface area contributed by atoms with E-state index in [1.165, 1.54) is 0 Å². The summed E-state index contributed by atoms with van der Waals surface area (Å²) in [5.41, 5.74) is 0.565. The van der Waals surface area contributed by atoms with Gasteiger partial charge in [-0.25, -0.2) is 0 Å². The number of H-pyrrole nitrogens is 1. The predicted molar refractivity (Wildman–Crippen MR) is 72.2 cm³/mol. The molecule has 0 aliphatic heterocycles. The van der Waals surface area contributed by atoms with Gasteiger partial charge in [-0.2, -0.15) is 4.98 Å². The van der Waals surface area contributed by atoms with Crippen LogP contribution in [0, 0.1) is 0 Å². The minimum atomic E-state index is -0.354. The van der Waals surface area contributed by atoms with Crippen LogP contribution in [-0.2, 0) is 6.42 Å². The number of aromatic nitrogens is 2. The van der Waals surface area contributed by atoms with Crippen LogP contribution in [0.3, 0.4) is 0 Å². The number of aromatic hydroxyl groups is 1. The van der Waals surface area contributed by atoms with Crippen molar-refractivity contribution in [3.8, 4) is 11.6 Å². The van der Waals surface area contributed by atoms with Crippen LogP contribution in [-0.4, -0.2) is 22.2 Å². The fraction of sp³-hybridized carbons (Fsp3) is 0.231. The van der Waals surface area contributed by atoms with Gasteiger partial charge in [-0.3, -0.25) is 9.78 Å². The maximum Gasteiger partial charge on any atom is 0.259 e. The highest BCUT2D eigenvalue weighted by Gasteiger charge is 2.10. The van der Waals surface area contributed by atoms with Gasteiger partial charge < -0.3 is 15.2 Å². The predicted octanol–water partition coefficient (Wildman–Crippen LogP) is 1.79. The van der Waals surface area contributed by atoms with Crippen molar-refractivity contribution in [1.29, 1.82) is 0 Å². The zero-order valence-electron chi connectivity index (χ0n) is 10.7. The molecule has 6 heteroatoms. The van der Waals surface area contributed by atoms with Gasteiger partial charge in [0.15, 0.2) is 0 Å². The largest absolute Gasteiger partial charge is 0.495 e. The van der Waals surface area contributed by atoms with Crippen LogP contribution in [0.2, 0.25) is 0 Å². The number of hydrogen-bond donors (Lipinski definition) is 3. The lowest BCUT2D eigenvalue weighted by molar-refractivity contribution is 0.416. The molecule has 0 saturated carbocycles. The van der Waals surface area contributed by atoms with Crippen molar-refractivity contribution >= 4 is 11.6 Å². The number of benzene rings is 1. The van der Waals surface area contributed by atoms with Crippen molar-refractivity contribution in [2.45, 2.75) is 13.3 Å². The Labute approximate surface area is 110 Å². The van der Waals surface area contributed by atoms with Crippen LogP contribution in [0.25, 0.3) is 0 Å². The molecule has 0 aliphatic rings. The Balaban J connectivity index is 2.36. The summed E-state index contributed by atoms with van der Waals surface area (Å²) in [6, 6.07) is 7.21. The van der Waals surface area contributed by atoms with E-state index in [0.717, 1.165) is 0 Å². The van der Waals surface area contributed by atoms with Crippen molar-refractivity contribution in [2.24, 2.45) is 0 Å². The minimum Gasteiger partial charge on any atom is -0.495 e. The van der Waals surface area contributed by atoms with Gasteiger partial charge >= 0.3 is 0 Å². The van der Waals surface area contributed by atoms with Crippen molar-refractivity contribution in [3.05, 3.63) is 40.2 Å². The molecule has 0 aliphatic carbocycles. The fourth-order valence-electron chi connectivity index (χ4n) is 1.74. The molecule has 1 heterocycles. The highest BCUT2D eigenvalue weighted by molar-refractivity contribution is 5.62. The van der Waals surface area contributed by atoms with Gasteiger partial charge in [-0.1, -0.05) is 19.1 Å². The van der Waals surface area contributed by atoms with E-state index in [0.29, 0.717) is 17.9 Å². The van der Waals surface area contributed by atoms with Gasteiger partial charge in [0.1, 0.15) is 5.75 Å². The molecule has 0 amide bonds. The number of anilines is 2. The third-order valence-corrected chi connectivity index (χ3v) is 2.71. The van der Waals surface area contributed by atoms with Crippen LogP contribution in [0.15, 0.2) is 29.1 Å². The van der Waals surface area contributed by atoms with E-state index >= 15 is 0 Å². The second-order valence-corrected chi connectivity index (χ2v) is 3.90. The third kappa shape index (κ3) is 2.67. The second-order valence-electron chi connectivity index (χ2n) is 3.90. The summed E-state index contributed by atoms with van der Waals surface area (Å²) in [7, 11) is 1.55. The monoisotopic (exact) mass is 261 g/mol. The molecule has 2 rings (SSSR count). The SMILES string of the molecule is CCc1c(O)nc(Nc2ccccc2OC)[nH]c1=O. The quantitative estimate of drug-likeness (QED) is 0.781. The summed E-state index contributed by atoms with van der Waals surface area (Å²) in [6.45, 7) is 1.78. The third-order valence-electron chi connectivity index (χ3n) is 2.71.